The Kier molecular flexibility index (Phi) is 5.11. The second kappa shape index (κ2) is 5.76. The van der Waals surface area contributed by atoms with Crippen LogP contribution in [0.25, 0.3) is 0 Å². The quantitative estimate of drug-likeness (QED) is 0.592. The van der Waals surface area contributed by atoms with Gasteiger partial charge in [-0.3, -0.25) is 0 Å². The average Bonchev–Trinajstić information content (AvgIpc) is 2.14. The summed E-state index contributed by atoms with van der Waals surface area (Å²) in [5.74, 6) is 0. The van der Waals surface area contributed by atoms with E-state index in [-0.39, 0.29) is 0 Å². The number of hydrogen-bond acceptors (Lipinski definition) is 2. The van der Waals surface area contributed by atoms with E-state index in [1.54, 1.807) is 0 Å². The molecule has 0 aliphatic carbocycles. The summed E-state index contributed by atoms with van der Waals surface area (Å²) in [4.78, 5) is 0. The molecule has 0 heterocycles. The van der Waals surface area contributed by atoms with Crippen LogP contribution in [0, 0.1) is 0 Å². The predicted molar refractivity (Wildman–Crippen MR) is 81.9 cm³/mol. The molecule has 1 aromatic carbocycles. The Morgan fingerprint density at radius 2 is 1.18 bits per heavy atom. The molecule has 17 heavy (non-hydrogen) atoms. The van der Waals surface area contributed by atoms with Gasteiger partial charge in [0.2, 0.25) is 0 Å². The molecular weight excluding hydrogens is 263 g/mol. The normalized spacial score (nSPS) is 13.1. The van der Waals surface area contributed by atoms with Crippen molar-refractivity contribution in [1.82, 2.24) is 0 Å². The van der Waals surface area contributed by atoms with E-state index >= 15 is 0 Å². The molecule has 0 amide bonds. The fourth-order valence-electron chi connectivity index (χ4n) is 1.17. The van der Waals surface area contributed by atoms with Crippen LogP contribution in [-0.4, -0.2) is 16.6 Å². The number of rotatable bonds is 5. The summed E-state index contributed by atoms with van der Waals surface area (Å²) in [7, 11) is -4.06. The third-order valence-electron chi connectivity index (χ3n) is 1.68. The van der Waals surface area contributed by atoms with Gasteiger partial charge in [0.25, 0.3) is 0 Å². The Labute approximate surface area is 109 Å². The van der Waals surface area contributed by atoms with Gasteiger partial charge < -0.3 is 8.43 Å². The Hall–Kier alpha value is 0.00377. The lowest BCUT2D eigenvalue weighted by molar-refractivity contribution is 0.501. The molecule has 0 aliphatic heterocycles. The summed E-state index contributed by atoms with van der Waals surface area (Å²) in [5, 5.41) is 1.19. The maximum atomic E-state index is 6.22. The molecule has 0 aromatic heterocycles. The molecule has 1 aromatic rings. The van der Waals surface area contributed by atoms with Gasteiger partial charge in [0, 0.05) is 5.30 Å². The molecule has 0 bridgehead atoms. The minimum atomic E-state index is -1.58. The van der Waals surface area contributed by atoms with Crippen LogP contribution in [0.3, 0.4) is 0 Å². The van der Waals surface area contributed by atoms with Gasteiger partial charge >= 0.3 is 0 Å². The van der Waals surface area contributed by atoms with Crippen molar-refractivity contribution in [1.29, 1.82) is 0 Å². The smallest absolute Gasteiger partial charge is 0.191 e. The van der Waals surface area contributed by atoms with Gasteiger partial charge in [-0.05, 0) is 51.4 Å². The lowest BCUT2D eigenvalue weighted by atomic mass is 10.4. The Balaban J connectivity index is 2.87. The van der Waals surface area contributed by atoms with Crippen LogP contribution in [0.15, 0.2) is 30.3 Å². The fourth-order valence-corrected chi connectivity index (χ4v) is 6.89. The molecule has 0 spiro atoms. The van der Waals surface area contributed by atoms with Crippen LogP contribution < -0.4 is 5.30 Å². The van der Waals surface area contributed by atoms with Crippen LogP contribution in [0.4, 0.5) is 0 Å². The summed E-state index contributed by atoms with van der Waals surface area (Å²) in [6.45, 7) is 13.2. The van der Waals surface area contributed by atoms with Crippen molar-refractivity contribution in [2.24, 2.45) is 0 Å². The van der Waals surface area contributed by atoms with Gasteiger partial charge in [0.1, 0.15) is 0 Å². The van der Waals surface area contributed by atoms with Gasteiger partial charge in [-0.2, -0.15) is 0 Å². The van der Waals surface area contributed by atoms with E-state index in [2.05, 4.69) is 51.4 Å². The van der Waals surface area contributed by atoms with Crippen molar-refractivity contribution >= 4 is 30.3 Å². The van der Waals surface area contributed by atoms with Gasteiger partial charge in [-0.1, -0.05) is 18.2 Å². The second-order valence-electron chi connectivity index (χ2n) is 6.00. The molecule has 2 nitrogen and oxygen atoms in total. The number of benzene rings is 1. The second-order valence-corrected chi connectivity index (χ2v) is 16.9. The molecule has 0 aliphatic rings. The zero-order valence-electron chi connectivity index (χ0n) is 11.7. The third-order valence-corrected chi connectivity index (χ3v) is 8.11. The van der Waals surface area contributed by atoms with Crippen LogP contribution in [-0.2, 0) is 8.43 Å². The minimum absolute atomic E-state index is 0.908. The lowest BCUT2D eigenvalue weighted by Gasteiger charge is -2.30. The van der Waals surface area contributed by atoms with Crippen LogP contribution in [0.1, 0.15) is 0 Å². The monoisotopic (exact) mass is 286 g/mol. The van der Waals surface area contributed by atoms with Gasteiger partial charge in [0.05, 0.1) is 0 Å². The molecular formula is C12H23O2PSi2. The van der Waals surface area contributed by atoms with Crippen molar-refractivity contribution in [3.8, 4) is 0 Å². The molecule has 0 radical (unpaired) electrons. The lowest BCUT2D eigenvalue weighted by Crippen LogP contribution is -2.30. The van der Waals surface area contributed by atoms with Crippen molar-refractivity contribution in [3.05, 3.63) is 30.3 Å². The summed E-state index contributed by atoms with van der Waals surface area (Å²) in [6, 6.07) is 10.3. The molecule has 96 valence electrons. The Bertz CT molecular complexity index is 328. The fraction of sp³-hybridized carbons (Fsp3) is 0.500. The molecule has 0 fully saturated rings. The average molecular weight is 286 g/mol. The van der Waals surface area contributed by atoms with E-state index in [9.17, 15) is 0 Å². The van der Waals surface area contributed by atoms with Crippen molar-refractivity contribution in [2.45, 2.75) is 39.3 Å². The van der Waals surface area contributed by atoms with Crippen LogP contribution >= 0.6 is 8.38 Å². The molecule has 0 N–H and O–H groups in total. The largest absolute Gasteiger partial charge is 0.373 e. The van der Waals surface area contributed by atoms with E-state index in [1.807, 2.05) is 18.2 Å². The maximum absolute atomic E-state index is 6.22. The Morgan fingerprint density at radius 1 is 0.765 bits per heavy atom. The predicted octanol–water partition coefficient (Wildman–Crippen LogP) is 4.33. The van der Waals surface area contributed by atoms with Crippen molar-refractivity contribution < 1.29 is 8.43 Å². The zero-order chi connectivity index (χ0) is 13.1. The van der Waals surface area contributed by atoms with Crippen LogP contribution in [0.2, 0.25) is 39.3 Å². The molecule has 0 saturated carbocycles. The minimum Gasteiger partial charge on any atom is -0.373 e. The van der Waals surface area contributed by atoms with E-state index in [1.165, 1.54) is 5.30 Å². The Morgan fingerprint density at radius 3 is 1.53 bits per heavy atom. The molecule has 0 unspecified atom stereocenters. The van der Waals surface area contributed by atoms with E-state index in [0.29, 0.717) is 0 Å². The van der Waals surface area contributed by atoms with E-state index in [0.717, 1.165) is 0 Å². The highest BCUT2D eigenvalue weighted by atomic mass is 31.2. The third kappa shape index (κ3) is 6.48. The first-order valence-electron chi connectivity index (χ1n) is 5.91. The summed E-state index contributed by atoms with van der Waals surface area (Å²) < 4.78 is 12.4. The van der Waals surface area contributed by atoms with Gasteiger partial charge in [-0.25, -0.2) is 0 Å². The van der Waals surface area contributed by atoms with E-state index in [4.69, 9.17) is 8.43 Å². The summed E-state index contributed by atoms with van der Waals surface area (Å²) >= 11 is 0. The number of hydrogen-bond donors (Lipinski definition) is 0. The first-order chi connectivity index (χ1) is 7.67. The van der Waals surface area contributed by atoms with Gasteiger partial charge in [0.15, 0.2) is 25.0 Å². The molecule has 0 atom stereocenters. The molecule has 1 rings (SSSR count). The van der Waals surface area contributed by atoms with Crippen molar-refractivity contribution in [3.63, 3.8) is 0 Å². The maximum Gasteiger partial charge on any atom is 0.191 e. The molecule has 0 saturated heterocycles. The highest BCUT2D eigenvalue weighted by molar-refractivity contribution is 7.59. The van der Waals surface area contributed by atoms with Crippen LogP contribution in [0.5, 0.6) is 0 Å². The highest BCUT2D eigenvalue weighted by Gasteiger charge is 2.28. The summed E-state index contributed by atoms with van der Waals surface area (Å²) in [5.41, 5.74) is 0. The first-order valence-corrected chi connectivity index (χ1v) is 13.9. The zero-order valence-corrected chi connectivity index (χ0v) is 14.5. The topological polar surface area (TPSA) is 18.5 Å². The highest BCUT2D eigenvalue weighted by Crippen LogP contribution is 2.43. The standard InChI is InChI=1S/C12H23O2PSi2/c1-16(2,3)13-15(14-17(4,5)6)12-10-8-7-9-11-12/h7-11H,1-6H3. The SMILES string of the molecule is C[Si](C)(C)OP(O[Si](C)(C)C)c1ccccc1. The first kappa shape index (κ1) is 15.1. The van der Waals surface area contributed by atoms with Gasteiger partial charge in [-0.15, -0.1) is 0 Å². The molecule has 5 heteroatoms. The van der Waals surface area contributed by atoms with E-state index < -0.39 is 25.0 Å². The van der Waals surface area contributed by atoms with Crippen molar-refractivity contribution in [2.75, 3.05) is 0 Å². The summed E-state index contributed by atoms with van der Waals surface area (Å²) in [6.07, 6.45) is 0.